The van der Waals surface area contributed by atoms with Gasteiger partial charge in [0.05, 0.1) is 5.60 Å². The van der Waals surface area contributed by atoms with Gasteiger partial charge in [0.25, 0.3) is 0 Å². The summed E-state index contributed by atoms with van der Waals surface area (Å²) in [6.07, 6.45) is 12.4. The predicted octanol–water partition coefficient (Wildman–Crippen LogP) is 4.59. The van der Waals surface area contributed by atoms with Crippen LogP contribution in [-0.4, -0.2) is 13.9 Å². The van der Waals surface area contributed by atoms with Crippen LogP contribution in [0.25, 0.3) is 0 Å². The summed E-state index contributed by atoms with van der Waals surface area (Å²) in [5.41, 5.74) is -0.0903. The number of hydrogen-bond acceptors (Lipinski definition) is 1. The lowest BCUT2D eigenvalue weighted by Crippen LogP contribution is -2.40. The Labute approximate surface area is 103 Å². The molecule has 0 rings (SSSR count). The normalized spacial score (nSPS) is 15.5. The van der Waals surface area contributed by atoms with E-state index in [1.807, 2.05) is 0 Å². The molecule has 0 aliphatic heterocycles. The van der Waals surface area contributed by atoms with Crippen LogP contribution in [0.3, 0.4) is 0 Å². The van der Waals surface area contributed by atoms with Crippen LogP contribution < -0.4 is 0 Å². The molecule has 0 aromatic rings. The van der Waals surface area contributed by atoms with E-state index in [2.05, 4.69) is 39.4 Å². The lowest BCUT2D eigenvalue weighted by atomic mass is 9.95. The van der Waals surface area contributed by atoms with E-state index in [4.69, 9.17) is 10.8 Å². The molecule has 0 fully saturated rings. The minimum absolute atomic E-state index is 0.0903. The van der Waals surface area contributed by atoms with Gasteiger partial charge in [-0.2, -0.15) is 0 Å². The molecule has 0 aliphatic carbocycles. The zero-order chi connectivity index (χ0) is 12.7. The highest BCUT2D eigenvalue weighted by molar-refractivity contribution is 6.69. The van der Waals surface area contributed by atoms with Crippen LogP contribution in [0.4, 0.5) is 0 Å². The summed E-state index contributed by atoms with van der Waals surface area (Å²) < 4.78 is 6.24. The van der Waals surface area contributed by atoms with Crippen LogP contribution >= 0.6 is 0 Å². The first-order valence-electron chi connectivity index (χ1n) is 6.46. The summed E-state index contributed by atoms with van der Waals surface area (Å²) >= 11 is 0. The Hall–Kier alpha value is -0.263. The summed E-state index contributed by atoms with van der Waals surface area (Å²) in [6, 6.07) is 0. The molecule has 16 heavy (non-hydrogen) atoms. The van der Waals surface area contributed by atoms with Crippen molar-refractivity contribution in [2.45, 2.75) is 77.6 Å². The Bertz CT molecular complexity index is 224. The molecule has 1 unspecified atom stereocenters. The summed E-state index contributed by atoms with van der Waals surface area (Å²) in [7, 11) is -1.49. The highest BCUT2D eigenvalue weighted by atomic mass is 28.4. The van der Waals surface area contributed by atoms with Gasteiger partial charge in [-0.3, -0.25) is 0 Å². The first-order valence-corrected chi connectivity index (χ1v) is 9.87. The van der Waals surface area contributed by atoms with Crippen LogP contribution in [0, 0.1) is 12.3 Å². The van der Waals surface area contributed by atoms with Crippen molar-refractivity contribution in [2.24, 2.45) is 0 Å². The number of rotatable bonds is 8. The Morgan fingerprint density at radius 3 is 2.25 bits per heavy atom. The third-order valence-electron chi connectivity index (χ3n) is 2.59. The third-order valence-corrected chi connectivity index (χ3v) is 3.69. The monoisotopic (exact) mass is 240 g/mol. The first-order chi connectivity index (χ1) is 7.33. The lowest BCUT2D eigenvalue weighted by Gasteiger charge is -2.35. The minimum atomic E-state index is -1.49. The van der Waals surface area contributed by atoms with Crippen molar-refractivity contribution in [2.75, 3.05) is 0 Å². The fourth-order valence-corrected chi connectivity index (χ4v) is 3.71. The molecular weight excluding hydrogens is 212 g/mol. The van der Waals surface area contributed by atoms with Gasteiger partial charge in [0.15, 0.2) is 8.32 Å². The Morgan fingerprint density at radius 1 is 1.19 bits per heavy atom. The van der Waals surface area contributed by atoms with Crippen LogP contribution in [0.15, 0.2) is 0 Å². The Kier molecular flexibility index (Phi) is 7.02. The van der Waals surface area contributed by atoms with Gasteiger partial charge in [0.2, 0.25) is 0 Å². The number of terminal acetylenes is 1. The fourth-order valence-electron chi connectivity index (χ4n) is 2.06. The molecular formula is C14H28OSi. The van der Waals surface area contributed by atoms with E-state index in [0.29, 0.717) is 0 Å². The van der Waals surface area contributed by atoms with Crippen molar-refractivity contribution >= 4 is 8.32 Å². The zero-order valence-electron chi connectivity index (χ0n) is 11.7. The third kappa shape index (κ3) is 7.96. The van der Waals surface area contributed by atoms with Crippen molar-refractivity contribution in [1.29, 1.82) is 0 Å². The summed E-state index contributed by atoms with van der Waals surface area (Å²) in [5.74, 6) is 2.77. The highest BCUT2D eigenvalue weighted by Crippen LogP contribution is 2.27. The lowest BCUT2D eigenvalue weighted by molar-refractivity contribution is 0.0733. The van der Waals surface area contributed by atoms with Crippen molar-refractivity contribution in [1.82, 2.24) is 0 Å². The van der Waals surface area contributed by atoms with E-state index < -0.39 is 8.32 Å². The van der Waals surface area contributed by atoms with Crippen LogP contribution in [0.5, 0.6) is 0 Å². The van der Waals surface area contributed by atoms with E-state index in [1.54, 1.807) is 0 Å². The molecule has 0 aliphatic rings. The zero-order valence-corrected chi connectivity index (χ0v) is 12.7. The molecule has 94 valence electrons. The van der Waals surface area contributed by atoms with Gasteiger partial charge in [-0.05, 0) is 33.0 Å². The standard InChI is InChI=1S/C14H28OSi/c1-7-9-10-11-13-14(3,12-8-2)15-16(4,5)6/h2H,7,9-13H2,1,3-6H3. The number of hydrogen-bond donors (Lipinski definition) is 0. The summed E-state index contributed by atoms with van der Waals surface area (Å²) in [4.78, 5) is 0. The van der Waals surface area contributed by atoms with Crippen molar-refractivity contribution in [3.8, 4) is 12.3 Å². The molecule has 0 spiro atoms. The predicted molar refractivity (Wildman–Crippen MR) is 75.0 cm³/mol. The molecule has 0 amide bonds. The van der Waals surface area contributed by atoms with Gasteiger partial charge in [0, 0.05) is 6.42 Å². The van der Waals surface area contributed by atoms with Crippen molar-refractivity contribution < 1.29 is 4.43 Å². The SMILES string of the molecule is C#CCC(C)(CCCCCC)O[Si](C)(C)C. The Morgan fingerprint density at radius 2 is 1.81 bits per heavy atom. The van der Waals surface area contributed by atoms with E-state index >= 15 is 0 Å². The summed E-state index contributed by atoms with van der Waals surface area (Å²) in [5, 5.41) is 0. The van der Waals surface area contributed by atoms with E-state index in [9.17, 15) is 0 Å². The second kappa shape index (κ2) is 7.14. The van der Waals surface area contributed by atoms with Gasteiger partial charge in [0.1, 0.15) is 0 Å². The smallest absolute Gasteiger partial charge is 0.184 e. The molecule has 0 saturated carbocycles. The van der Waals surface area contributed by atoms with Gasteiger partial charge in [-0.15, -0.1) is 12.3 Å². The van der Waals surface area contributed by atoms with Crippen LogP contribution in [-0.2, 0) is 4.43 Å². The molecule has 1 atom stereocenters. The van der Waals surface area contributed by atoms with Crippen LogP contribution in [0.1, 0.15) is 52.4 Å². The number of unbranched alkanes of at least 4 members (excludes halogenated alkanes) is 3. The summed E-state index contributed by atoms with van der Waals surface area (Å²) in [6.45, 7) is 11.1. The largest absolute Gasteiger partial charge is 0.411 e. The second-order valence-corrected chi connectivity index (χ2v) is 10.3. The molecule has 0 aromatic carbocycles. The highest BCUT2D eigenvalue weighted by Gasteiger charge is 2.30. The van der Waals surface area contributed by atoms with Crippen molar-refractivity contribution in [3.05, 3.63) is 0 Å². The quantitative estimate of drug-likeness (QED) is 0.342. The van der Waals surface area contributed by atoms with Crippen LogP contribution in [0.2, 0.25) is 19.6 Å². The average Bonchev–Trinajstić information content (AvgIpc) is 2.10. The molecule has 1 nitrogen and oxygen atoms in total. The van der Waals surface area contributed by atoms with Gasteiger partial charge >= 0.3 is 0 Å². The maximum absolute atomic E-state index is 6.24. The Balaban J connectivity index is 4.18. The fraction of sp³-hybridized carbons (Fsp3) is 0.857. The van der Waals surface area contributed by atoms with E-state index in [0.717, 1.165) is 12.8 Å². The minimum Gasteiger partial charge on any atom is -0.411 e. The van der Waals surface area contributed by atoms with Crippen molar-refractivity contribution in [3.63, 3.8) is 0 Å². The second-order valence-electron chi connectivity index (χ2n) is 5.86. The molecule has 0 radical (unpaired) electrons. The molecule has 0 aromatic heterocycles. The molecule has 2 heteroatoms. The first kappa shape index (κ1) is 15.7. The van der Waals surface area contributed by atoms with Gasteiger partial charge in [-0.1, -0.05) is 32.6 Å². The molecule has 0 saturated heterocycles. The molecule has 0 N–H and O–H groups in total. The molecule has 0 heterocycles. The van der Waals surface area contributed by atoms with E-state index in [1.165, 1.54) is 25.7 Å². The maximum atomic E-state index is 6.24. The van der Waals surface area contributed by atoms with Gasteiger partial charge in [-0.25, -0.2) is 0 Å². The topological polar surface area (TPSA) is 9.23 Å². The van der Waals surface area contributed by atoms with Gasteiger partial charge < -0.3 is 4.43 Å². The average molecular weight is 240 g/mol. The van der Waals surface area contributed by atoms with E-state index in [-0.39, 0.29) is 5.60 Å². The maximum Gasteiger partial charge on any atom is 0.184 e. The molecule has 0 bridgehead atoms.